The minimum absolute atomic E-state index is 0.101. The molecule has 0 aromatic rings. The van der Waals surface area contributed by atoms with Crippen LogP contribution in [0.15, 0.2) is 11.6 Å². The number of aliphatic hydroxyl groups is 1. The molecule has 2 nitrogen and oxygen atoms in total. The van der Waals surface area contributed by atoms with Gasteiger partial charge in [-0.25, -0.2) is 0 Å². The zero-order valence-corrected chi connectivity index (χ0v) is 18.7. The van der Waals surface area contributed by atoms with Gasteiger partial charge in [-0.2, -0.15) is 0 Å². The average molecular weight is 387 g/mol. The molecule has 0 spiro atoms. The van der Waals surface area contributed by atoms with Crippen molar-refractivity contribution in [1.29, 1.82) is 0 Å². The molecule has 0 aromatic carbocycles. The minimum Gasteiger partial charge on any atom is -0.393 e. The monoisotopic (exact) mass is 386 g/mol. The van der Waals surface area contributed by atoms with Crippen molar-refractivity contribution >= 4 is 5.78 Å². The highest BCUT2D eigenvalue weighted by molar-refractivity contribution is 5.75. The molecular weight excluding hydrogens is 344 g/mol. The molecule has 1 N–H and O–H groups in total. The van der Waals surface area contributed by atoms with Crippen LogP contribution in [0.3, 0.4) is 0 Å². The molecule has 0 radical (unpaired) electrons. The van der Waals surface area contributed by atoms with Gasteiger partial charge < -0.3 is 9.90 Å². The molecule has 0 bridgehead atoms. The van der Waals surface area contributed by atoms with E-state index in [2.05, 4.69) is 26.8 Å². The quantitative estimate of drug-likeness (QED) is 0.561. The fourth-order valence-corrected chi connectivity index (χ4v) is 8.49. The van der Waals surface area contributed by atoms with Crippen molar-refractivity contribution in [1.82, 2.24) is 0 Å². The zero-order chi connectivity index (χ0) is 20.1. The number of fused-ring (bicyclic) bond motifs is 5. The second kappa shape index (κ2) is 7.56. The molecule has 2 heteroatoms. The summed E-state index contributed by atoms with van der Waals surface area (Å²) in [5.41, 5.74) is 2.45. The number of carbonyl (C=O) groups excluding carboxylic acids is 1. The van der Waals surface area contributed by atoms with Gasteiger partial charge >= 0.3 is 0 Å². The van der Waals surface area contributed by atoms with Gasteiger partial charge in [0.15, 0.2) is 0 Å². The van der Waals surface area contributed by atoms with Crippen molar-refractivity contribution in [3.8, 4) is 0 Å². The van der Waals surface area contributed by atoms with Crippen LogP contribution in [-0.4, -0.2) is 17.0 Å². The number of hydrogen-bond donors (Lipinski definition) is 1. The maximum absolute atomic E-state index is 11.3. The second-order valence-corrected chi connectivity index (χ2v) is 11.5. The summed E-state index contributed by atoms with van der Waals surface area (Å²) in [7, 11) is 0. The van der Waals surface area contributed by atoms with E-state index in [1.165, 1.54) is 44.9 Å². The maximum atomic E-state index is 11.3. The number of carbonyl (C=O) groups is 1. The van der Waals surface area contributed by atoms with Crippen molar-refractivity contribution in [2.24, 2.45) is 40.4 Å². The molecule has 8 atom stereocenters. The van der Waals surface area contributed by atoms with Crippen LogP contribution < -0.4 is 0 Å². The Bertz CT molecular complexity index is 636. The Morgan fingerprint density at radius 1 is 1.18 bits per heavy atom. The van der Waals surface area contributed by atoms with Crippen LogP contribution in [0, 0.1) is 40.4 Å². The average Bonchev–Trinajstić information content (AvgIpc) is 2.99. The van der Waals surface area contributed by atoms with E-state index in [0.717, 1.165) is 55.3 Å². The van der Waals surface area contributed by atoms with Gasteiger partial charge in [-0.1, -0.05) is 38.8 Å². The summed E-state index contributed by atoms with van der Waals surface area (Å²) < 4.78 is 0. The third kappa shape index (κ3) is 3.32. The van der Waals surface area contributed by atoms with Crippen molar-refractivity contribution in [3.05, 3.63) is 11.6 Å². The highest BCUT2D eigenvalue weighted by Gasteiger charge is 2.59. The Hall–Kier alpha value is -0.630. The standard InChI is InChI=1S/C26H42O2/c1-17(6-5-7-18(2)27)22-10-11-23-21-9-8-19-16-20(28)12-14-25(19,3)24(21)13-15-26(22,23)4/h8,17,20-24,28H,5-7,9-16H2,1-4H3/t17?,20-,21-,22?,23?,24?,25-,26+/m1/s1. The molecule has 28 heavy (non-hydrogen) atoms. The fourth-order valence-electron chi connectivity index (χ4n) is 8.49. The number of rotatable bonds is 5. The summed E-state index contributed by atoms with van der Waals surface area (Å²) in [5.74, 6) is 4.52. The molecule has 3 saturated carbocycles. The molecule has 0 saturated heterocycles. The number of hydrogen-bond acceptors (Lipinski definition) is 2. The fraction of sp³-hybridized carbons (Fsp3) is 0.885. The van der Waals surface area contributed by atoms with E-state index in [1.807, 2.05) is 0 Å². The van der Waals surface area contributed by atoms with E-state index in [-0.39, 0.29) is 6.10 Å². The SMILES string of the molecule is CC(=O)CCCC(C)C1CCC2[C@H]3CC=C4C[C@H](O)CC[C@@]4(C)C3CC[C@@]12C. The summed E-state index contributed by atoms with van der Waals surface area (Å²) in [6.07, 6.45) is 15.5. The van der Waals surface area contributed by atoms with Crippen molar-refractivity contribution in [3.63, 3.8) is 0 Å². The summed E-state index contributed by atoms with van der Waals surface area (Å²) in [6, 6.07) is 0. The molecule has 4 aliphatic carbocycles. The van der Waals surface area contributed by atoms with Crippen LogP contribution in [0.25, 0.3) is 0 Å². The van der Waals surface area contributed by atoms with E-state index in [0.29, 0.717) is 16.6 Å². The minimum atomic E-state index is -0.101. The Kier molecular flexibility index (Phi) is 5.57. The van der Waals surface area contributed by atoms with E-state index in [1.54, 1.807) is 12.5 Å². The van der Waals surface area contributed by atoms with Crippen LogP contribution in [0.4, 0.5) is 0 Å². The van der Waals surface area contributed by atoms with Gasteiger partial charge in [0.1, 0.15) is 5.78 Å². The lowest BCUT2D eigenvalue weighted by Crippen LogP contribution is -2.50. The van der Waals surface area contributed by atoms with E-state index < -0.39 is 0 Å². The first kappa shape index (κ1) is 20.6. The van der Waals surface area contributed by atoms with Crippen molar-refractivity contribution in [2.75, 3.05) is 0 Å². The number of ketones is 1. The third-order valence-corrected chi connectivity index (χ3v) is 10.0. The van der Waals surface area contributed by atoms with Crippen LogP contribution in [0.1, 0.15) is 98.3 Å². The van der Waals surface area contributed by atoms with Gasteiger partial charge in [-0.05, 0) is 105 Å². The predicted octanol–water partition coefficient (Wildman–Crippen LogP) is 6.32. The molecule has 0 amide bonds. The number of aliphatic hydroxyl groups excluding tert-OH is 1. The maximum Gasteiger partial charge on any atom is 0.129 e. The number of allylic oxidation sites excluding steroid dienone is 1. The molecule has 158 valence electrons. The Morgan fingerprint density at radius 3 is 2.71 bits per heavy atom. The Morgan fingerprint density at radius 2 is 1.96 bits per heavy atom. The lowest BCUT2D eigenvalue weighted by Gasteiger charge is -2.58. The molecule has 0 aromatic heterocycles. The highest BCUT2D eigenvalue weighted by Crippen LogP contribution is 2.67. The first-order chi connectivity index (χ1) is 13.3. The van der Waals surface area contributed by atoms with Crippen LogP contribution >= 0.6 is 0 Å². The van der Waals surface area contributed by atoms with Crippen LogP contribution in [-0.2, 0) is 4.79 Å². The first-order valence-electron chi connectivity index (χ1n) is 12.1. The number of Topliss-reactive ketones (excluding diaryl/α,β-unsaturated/α-hetero) is 1. The molecule has 4 unspecified atom stereocenters. The van der Waals surface area contributed by atoms with E-state index in [9.17, 15) is 9.90 Å². The normalized spacial score (nSPS) is 46.2. The topological polar surface area (TPSA) is 37.3 Å². The van der Waals surface area contributed by atoms with Crippen LogP contribution in [0.5, 0.6) is 0 Å². The van der Waals surface area contributed by atoms with Gasteiger partial charge in [0.2, 0.25) is 0 Å². The van der Waals surface area contributed by atoms with Gasteiger partial charge in [-0.15, -0.1) is 0 Å². The van der Waals surface area contributed by atoms with Gasteiger partial charge in [0.25, 0.3) is 0 Å². The lowest BCUT2D eigenvalue weighted by atomic mass is 9.47. The van der Waals surface area contributed by atoms with E-state index in [4.69, 9.17) is 0 Å². The Balaban J connectivity index is 1.50. The third-order valence-electron chi connectivity index (χ3n) is 10.0. The molecule has 0 aliphatic heterocycles. The summed E-state index contributed by atoms with van der Waals surface area (Å²) >= 11 is 0. The highest BCUT2D eigenvalue weighted by atomic mass is 16.3. The van der Waals surface area contributed by atoms with Gasteiger partial charge in [-0.3, -0.25) is 0 Å². The molecule has 3 fully saturated rings. The summed E-state index contributed by atoms with van der Waals surface area (Å²) in [4.78, 5) is 11.3. The molecule has 4 rings (SSSR count). The van der Waals surface area contributed by atoms with E-state index >= 15 is 0 Å². The van der Waals surface area contributed by atoms with Gasteiger partial charge in [0, 0.05) is 6.42 Å². The predicted molar refractivity (Wildman–Crippen MR) is 115 cm³/mol. The molecular formula is C26H42O2. The summed E-state index contributed by atoms with van der Waals surface area (Å²) in [5, 5.41) is 10.2. The van der Waals surface area contributed by atoms with Crippen molar-refractivity contribution < 1.29 is 9.90 Å². The van der Waals surface area contributed by atoms with Crippen LogP contribution in [0.2, 0.25) is 0 Å². The van der Waals surface area contributed by atoms with Crippen molar-refractivity contribution in [2.45, 2.75) is 104 Å². The Labute approximate surface area is 172 Å². The molecule has 0 heterocycles. The summed E-state index contributed by atoms with van der Waals surface area (Å²) in [6.45, 7) is 9.35. The second-order valence-electron chi connectivity index (χ2n) is 11.5. The van der Waals surface area contributed by atoms with Gasteiger partial charge in [0.05, 0.1) is 6.10 Å². The lowest BCUT2D eigenvalue weighted by molar-refractivity contribution is -0.117. The first-order valence-corrected chi connectivity index (χ1v) is 12.1. The molecule has 4 aliphatic rings. The largest absolute Gasteiger partial charge is 0.393 e. The smallest absolute Gasteiger partial charge is 0.129 e. The zero-order valence-electron chi connectivity index (χ0n) is 18.7.